The smallest absolute Gasteiger partial charge is 0.267 e. The van der Waals surface area contributed by atoms with Crippen molar-refractivity contribution in [1.29, 1.82) is 0 Å². The van der Waals surface area contributed by atoms with Crippen LogP contribution in [-0.4, -0.2) is 61.8 Å². The average Bonchev–Trinajstić information content (AvgIpc) is 2.98. The first-order valence-electron chi connectivity index (χ1n) is 7.92. The van der Waals surface area contributed by atoms with Gasteiger partial charge < -0.3 is 9.64 Å². The van der Waals surface area contributed by atoms with Gasteiger partial charge in [0.2, 0.25) is 11.8 Å². The molecule has 0 spiro atoms. The first-order chi connectivity index (χ1) is 11.4. The molecule has 2 amide bonds. The monoisotopic (exact) mass is 352 g/mol. The van der Waals surface area contributed by atoms with E-state index in [1.54, 1.807) is 17.0 Å². The molecule has 7 nitrogen and oxygen atoms in total. The number of nitrogens with zero attached hydrogens (tertiary/aromatic N) is 2. The number of aryl methyl sites for hydroxylation is 1. The molecular formula is C16H20N2O5S. The van der Waals surface area contributed by atoms with Crippen molar-refractivity contribution in [3.05, 3.63) is 29.8 Å². The van der Waals surface area contributed by atoms with Crippen LogP contribution in [0.2, 0.25) is 0 Å². The van der Waals surface area contributed by atoms with Crippen molar-refractivity contribution in [1.82, 2.24) is 9.21 Å². The van der Waals surface area contributed by atoms with Crippen LogP contribution in [0.5, 0.6) is 0 Å². The van der Waals surface area contributed by atoms with E-state index in [-0.39, 0.29) is 23.6 Å². The molecule has 1 aromatic rings. The topological polar surface area (TPSA) is 84.0 Å². The second-order valence-corrected chi connectivity index (χ2v) is 7.81. The maximum Gasteiger partial charge on any atom is 0.267 e. The lowest BCUT2D eigenvalue weighted by Crippen LogP contribution is -2.51. The molecule has 2 aliphatic heterocycles. The van der Waals surface area contributed by atoms with Gasteiger partial charge in [0.25, 0.3) is 10.0 Å². The fourth-order valence-electron chi connectivity index (χ4n) is 3.01. The molecule has 0 aliphatic carbocycles. The Labute approximate surface area is 141 Å². The molecule has 2 saturated heterocycles. The van der Waals surface area contributed by atoms with Crippen LogP contribution in [-0.2, 0) is 24.3 Å². The molecule has 24 heavy (non-hydrogen) atoms. The number of morpholine rings is 1. The minimum atomic E-state index is -4.03. The van der Waals surface area contributed by atoms with Crippen molar-refractivity contribution in [3.8, 4) is 0 Å². The first-order valence-corrected chi connectivity index (χ1v) is 9.36. The molecule has 1 unspecified atom stereocenters. The summed E-state index contributed by atoms with van der Waals surface area (Å²) in [5.41, 5.74) is 0.919. The van der Waals surface area contributed by atoms with Gasteiger partial charge in [0.15, 0.2) is 0 Å². The lowest BCUT2D eigenvalue weighted by Gasteiger charge is -2.32. The molecule has 8 heteroatoms. The molecule has 0 N–H and O–H groups in total. The number of hydrogen-bond acceptors (Lipinski definition) is 5. The van der Waals surface area contributed by atoms with E-state index in [1.807, 2.05) is 6.92 Å². The highest BCUT2D eigenvalue weighted by atomic mass is 32.2. The van der Waals surface area contributed by atoms with Gasteiger partial charge in [0, 0.05) is 19.5 Å². The Morgan fingerprint density at radius 3 is 2.42 bits per heavy atom. The van der Waals surface area contributed by atoms with Crippen LogP contribution in [0.15, 0.2) is 29.2 Å². The van der Waals surface area contributed by atoms with Gasteiger partial charge in [-0.2, -0.15) is 0 Å². The Morgan fingerprint density at radius 1 is 1.17 bits per heavy atom. The minimum Gasteiger partial charge on any atom is -0.378 e. The molecule has 1 aromatic carbocycles. The molecule has 1 atom stereocenters. The standard InChI is InChI=1S/C16H20N2O5S/c1-12-2-4-13(5-3-12)24(21,22)18-14(6-7-15(18)19)16(20)17-8-10-23-11-9-17/h2-5,14H,6-11H2,1H3. The fraction of sp³-hybridized carbons (Fsp3) is 0.500. The number of benzene rings is 1. The van der Waals surface area contributed by atoms with E-state index in [0.717, 1.165) is 9.87 Å². The third kappa shape index (κ3) is 3.03. The SMILES string of the molecule is Cc1ccc(S(=O)(=O)N2C(=O)CCC2C(=O)N2CCOCC2)cc1. The van der Waals surface area contributed by atoms with E-state index in [2.05, 4.69) is 0 Å². The fourth-order valence-corrected chi connectivity index (χ4v) is 4.60. The summed E-state index contributed by atoms with van der Waals surface area (Å²) in [6, 6.07) is 5.32. The van der Waals surface area contributed by atoms with Crippen LogP contribution in [0.3, 0.4) is 0 Å². The van der Waals surface area contributed by atoms with Gasteiger partial charge in [-0.3, -0.25) is 9.59 Å². The Kier molecular flexibility index (Phi) is 4.60. The average molecular weight is 352 g/mol. The molecule has 0 radical (unpaired) electrons. The van der Waals surface area contributed by atoms with E-state index >= 15 is 0 Å². The summed E-state index contributed by atoms with van der Waals surface area (Å²) in [6.45, 7) is 3.54. The summed E-state index contributed by atoms with van der Waals surface area (Å²) >= 11 is 0. The number of carbonyl (C=O) groups excluding carboxylic acids is 2. The van der Waals surface area contributed by atoms with Crippen LogP contribution >= 0.6 is 0 Å². The van der Waals surface area contributed by atoms with Gasteiger partial charge in [-0.15, -0.1) is 0 Å². The lowest BCUT2D eigenvalue weighted by atomic mass is 10.2. The van der Waals surface area contributed by atoms with E-state index in [1.165, 1.54) is 12.1 Å². The number of ether oxygens (including phenoxy) is 1. The van der Waals surface area contributed by atoms with Crippen molar-refractivity contribution in [2.45, 2.75) is 30.7 Å². The largest absolute Gasteiger partial charge is 0.378 e. The predicted molar refractivity (Wildman–Crippen MR) is 85.6 cm³/mol. The highest BCUT2D eigenvalue weighted by molar-refractivity contribution is 7.89. The van der Waals surface area contributed by atoms with E-state index in [0.29, 0.717) is 26.3 Å². The predicted octanol–water partition coefficient (Wildman–Crippen LogP) is 0.534. The second kappa shape index (κ2) is 6.52. The van der Waals surface area contributed by atoms with E-state index in [4.69, 9.17) is 4.74 Å². The molecule has 2 aliphatic rings. The van der Waals surface area contributed by atoms with Crippen LogP contribution < -0.4 is 0 Å². The molecule has 2 heterocycles. The zero-order valence-corrected chi connectivity index (χ0v) is 14.3. The number of carbonyl (C=O) groups is 2. The summed E-state index contributed by atoms with van der Waals surface area (Å²) in [7, 11) is -4.03. The Hall–Kier alpha value is -1.93. The number of amides is 2. The highest BCUT2D eigenvalue weighted by Gasteiger charge is 2.45. The zero-order valence-electron chi connectivity index (χ0n) is 13.5. The molecule has 2 fully saturated rings. The van der Waals surface area contributed by atoms with Gasteiger partial charge in [0.05, 0.1) is 18.1 Å². The highest BCUT2D eigenvalue weighted by Crippen LogP contribution is 2.28. The Morgan fingerprint density at radius 2 is 1.79 bits per heavy atom. The van der Waals surface area contributed by atoms with Gasteiger partial charge in [-0.1, -0.05) is 17.7 Å². The summed E-state index contributed by atoms with van der Waals surface area (Å²) in [4.78, 5) is 26.5. The Bertz CT molecular complexity index is 738. The number of hydrogen-bond donors (Lipinski definition) is 0. The van der Waals surface area contributed by atoms with Crippen LogP contribution in [0, 0.1) is 6.92 Å². The summed E-state index contributed by atoms with van der Waals surface area (Å²) in [6.07, 6.45) is 0.284. The normalized spacial score (nSPS) is 22.0. The third-order valence-electron chi connectivity index (χ3n) is 4.35. The third-order valence-corrected chi connectivity index (χ3v) is 6.19. The van der Waals surface area contributed by atoms with E-state index in [9.17, 15) is 18.0 Å². The van der Waals surface area contributed by atoms with Gasteiger partial charge in [-0.05, 0) is 25.5 Å². The van der Waals surface area contributed by atoms with Crippen LogP contribution in [0.25, 0.3) is 0 Å². The van der Waals surface area contributed by atoms with Gasteiger partial charge in [-0.25, -0.2) is 12.7 Å². The maximum absolute atomic E-state index is 12.9. The lowest BCUT2D eigenvalue weighted by molar-refractivity contribution is -0.141. The molecule has 3 rings (SSSR count). The zero-order chi connectivity index (χ0) is 17.3. The summed E-state index contributed by atoms with van der Waals surface area (Å²) < 4.78 is 31.7. The van der Waals surface area contributed by atoms with Crippen molar-refractivity contribution < 1.29 is 22.7 Å². The van der Waals surface area contributed by atoms with Gasteiger partial charge >= 0.3 is 0 Å². The summed E-state index contributed by atoms with van der Waals surface area (Å²) in [5.74, 6) is -0.845. The van der Waals surface area contributed by atoms with Crippen molar-refractivity contribution >= 4 is 21.8 Å². The summed E-state index contributed by atoms with van der Waals surface area (Å²) in [5, 5.41) is 0. The molecule has 0 aromatic heterocycles. The van der Waals surface area contributed by atoms with E-state index < -0.39 is 22.0 Å². The maximum atomic E-state index is 12.9. The van der Waals surface area contributed by atoms with Crippen LogP contribution in [0.4, 0.5) is 0 Å². The van der Waals surface area contributed by atoms with Crippen molar-refractivity contribution in [2.75, 3.05) is 26.3 Å². The quantitative estimate of drug-likeness (QED) is 0.792. The first kappa shape index (κ1) is 16.9. The molecule has 130 valence electrons. The molecule has 0 saturated carbocycles. The molecule has 0 bridgehead atoms. The number of rotatable bonds is 3. The second-order valence-electron chi connectivity index (χ2n) is 6.00. The minimum absolute atomic E-state index is 0.0307. The number of sulfonamides is 1. The van der Waals surface area contributed by atoms with Crippen molar-refractivity contribution in [2.24, 2.45) is 0 Å². The Balaban J connectivity index is 1.90. The van der Waals surface area contributed by atoms with Crippen LogP contribution in [0.1, 0.15) is 18.4 Å². The molecular weight excluding hydrogens is 332 g/mol. The van der Waals surface area contributed by atoms with Gasteiger partial charge in [0.1, 0.15) is 6.04 Å². The van der Waals surface area contributed by atoms with Crippen molar-refractivity contribution in [3.63, 3.8) is 0 Å².